The second-order valence-electron chi connectivity index (χ2n) is 6.26. The van der Waals surface area contributed by atoms with Crippen LogP contribution in [0.25, 0.3) is 0 Å². The maximum atomic E-state index is 12.4. The molecule has 0 radical (unpaired) electrons. The van der Waals surface area contributed by atoms with E-state index >= 15 is 0 Å². The zero-order chi connectivity index (χ0) is 15.0. The number of rotatable bonds is 4. The molecular weight excluding hydrogens is 288 g/mol. The van der Waals surface area contributed by atoms with E-state index in [0.717, 1.165) is 25.6 Å². The van der Waals surface area contributed by atoms with Gasteiger partial charge in [0.1, 0.15) is 11.5 Å². The van der Waals surface area contributed by atoms with Crippen molar-refractivity contribution >= 4 is 17.5 Å². The first-order valence-electron chi connectivity index (χ1n) is 7.62. The third-order valence-corrected chi connectivity index (χ3v) is 4.39. The van der Waals surface area contributed by atoms with Crippen LogP contribution in [0, 0.1) is 0 Å². The Morgan fingerprint density at radius 1 is 1.43 bits per heavy atom. The van der Waals surface area contributed by atoms with Crippen LogP contribution in [-0.4, -0.2) is 45.9 Å². The van der Waals surface area contributed by atoms with Crippen molar-refractivity contribution in [2.75, 3.05) is 13.1 Å². The first-order chi connectivity index (χ1) is 10.0. The quantitative estimate of drug-likeness (QED) is 0.926. The molecule has 1 aromatic heterocycles. The molecule has 5 nitrogen and oxygen atoms in total. The summed E-state index contributed by atoms with van der Waals surface area (Å²) >= 11 is 6.07. The number of hydrogen-bond acceptors (Lipinski definition) is 4. The molecule has 1 N–H and O–H groups in total. The molecule has 2 heterocycles. The monoisotopic (exact) mass is 308 g/mol. The molecule has 21 heavy (non-hydrogen) atoms. The van der Waals surface area contributed by atoms with Gasteiger partial charge in [0.05, 0.1) is 11.2 Å². The van der Waals surface area contributed by atoms with Crippen molar-refractivity contribution in [1.82, 2.24) is 20.2 Å². The van der Waals surface area contributed by atoms with Crippen LogP contribution in [0.3, 0.4) is 0 Å². The summed E-state index contributed by atoms with van der Waals surface area (Å²) in [5.74, 6) is 0.633. The topological polar surface area (TPSA) is 58.1 Å². The Hall–Kier alpha value is -1.20. The average molecular weight is 309 g/mol. The van der Waals surface area contributed by atoms with E-state index in [-0.39, 0.29) is 17.9 Å². The summed E-state index contributed by atoms with van der Waals surface area (Å²) in [7, 11) is 0. The van der Waals surface area contributed by atoms with Crippen LogP contribution in [0.1, 0.15) is 55.3 Å². The lowest BCUT2D eigenvalue weighted by Gasteiger charge is -2.16. The summed E-state index contributed by atoms with van der Waals surface area (Å²) in [6.07, 6.45) is 5.12. The fraction of sp³-hybridized carbons (Fsp3) is 0.667. The Balaban J connectivity index is 1.66. The predicted octanol–water partition coefficient (Wildman–Crippen LogP) is 2.22. The molecular formula is C15H21ClN4O. The number of aromatic nitrogens is 2. The van der Waals surface area contributed by atoms with Gasteiger partial charge in [-0.25, -0.2) is 9.97 Å². The number of nitrogens with one attached hydrogen (secondary N) is 1. The summed E-state index contributed by atoms with van der Waals surface area (Å²) in [4.78, 5) is 23.3. The zero-order valence-electron chi connectivity index (χ0n) is 12.5. The molecule has 1 unspecified atom stereocenters. The molecule has 3 rings (SSSR count). The lowest BCUT2D eigenvalue weighted by molar-refractivity contribution is 0.0932. The lowest BCUT2D eigenvalue weighted by atomic mass is 10.2. The van der Waals surface area contributed by atoms with E-state index < -0.39 is 0 Å². The van der Waals surface area contributed by atoms with Crippen molar-refractivity contribution in [2.24, 2.45) is 0 Å². The van der Waals surface area contributed by atoms with E-state index in [9.17, 15) is 4.79 Å². The number of likely N-dealkylation sites (tertiary alicyclic amines) is 1. The maximum absolute atomic E-state index is 12.4. The van der Waals surface area contributed by atoms with Crippen molar-refractivity contribution in [3.8, 4) is 0 Å². The SMILES string of the molecule is CC(C)c1ncc(Cl)c(C(=O)NC2CCN(C3CC3)C2)n1. The largest absolute Gasteiger partial charge is 0.347 e. The Morgan fingerprint density at radius 2 is 2.19 bits per heavy atom. The minimum Gasteiger partial charge on any atom is -0.347 e. The van der Waals surface area contributed by atoms with Crippen LogP contribution in [0.5, 0.6) is 0 Å². The highest BCUT2D eigenvalue weighted by Gasteiger charge is 2.35. The number of nitrogens with zero attached hydrogens (tertiary/aromatic N) is 3. The smallest absolute Gasteiger partial charge is 0.271 e. The van der Waals surface area contributed by atoms with E-state index in [2.05, 4.69) is 20.2 Å². The number of hydrogen-bond donors (Lipinski definition) is 1. The highest BCUT2D eigenvalue weighted by atomic mass is 35.5. The van der Waals surface area contributed by atoms with Crippen molar-refractivity contribution in [3.05, 3.63) is 22.7 Å². The van der Waals surface area contributed by atoms with Gasteiger partial charge in [-0.2, -0.15) is 0 Å². The molecule has 1 aliphatic heterocycles. The molecule has 1 saturated carbocycles. The molecule has 1 saturated heterocycles. The summed E-state index contributed by atoms with van der Waals surface area (Å²) < 4.78 is 0. The van der Waals surface area contributed by atoms with E-state index in [1.807, 2.05) is 13.8 Å². The summed E-state index contributed by atoms with van der Waals surface area (Å²) in [5, 5.41) is 3.37. The number of carbonyl (C=O) groups excluding carboxylic acids is 1. The van der Waals surface area contributed by atoms with E-state index in [0.29, 0.717) is 16.5 Å². The average Bonchev–Trinajstić information content (AvgIpc) is 3.20. The van der Waals surface area contributed by atoms with Gasteiger partial charge >= 0.3 is 0 Å². The second-order valence-corrected chi connectivity index (χ2v) is 6.67. The third-order valence-electron chi connectivity index (χ3n) is 4.11. The molecule has 1 aromatic rings. The van der Waals surface area contributed by atoms with Crippen LogP contribution >= 0.6 is 11.6 Å². The fourth-order valence-corrected chi connectivity index (χ4v) is 2.93. The summed E-state index contributed by atoms with van der Waals surface area (Å²) in [6.45, 7) is 6.01. The normalized spacial score (nSPS) is 22.8. The molecule has 6 heteroatoms. The van der Waals surface area contributed by atoms with Crippen molar-refractivity contribution < 1.29 is 4.79 Å². The van der Waals surface area contributed by atoms with Crippen molar-refractivity contribution in [2.45, 2.75) is 51.1 Å². The lowest BCUT2D eigenvalue weighted by Crippen LogP contribution is -2.38. The van der Waals surface area contributed by atoms with Crippen LogP contribution < -0.4 is 5.32 Å². The van der Waals surface area contributed by atoms with E-state index in [1.54, 1.807) is 0 Å². The Bertz CT molecular complexity index is 544. The maximum Gasteiger partial charge on any atom is 0.271 e. The number of carbonyl (C=O) groups is 1. The molecule has 1 atom stereocenters. The molecule has 0 bridgehead atoms. The predicted molar refractivity (Wildman–Crippen MR) is 81.6 cm³/mol. The minimum absolute atomic E-state index is 0.172. The van der Waals surface area contributed by atoms with Gasteiger partial charge in [-0.1, -0.05) is 25.4 Å². The van der Waals surface area contributed by atoms with Crippen molar-refractivity contribution in [3.63, 3.8) is 0 Å². The third kappa shape index (κ3) is 3.35. The van der Waals surface area contributed by atoms with E-state index in [4.69, 9.17) is 11.6 Å². The highest BCUT2D eigenvalue weighted by molar-refractivity contribution is 6.33. The van der Waals surface area contributed by atoms with Gasteiger partial charge in [0.15, 0.2) is 0 Å². The van der Waals surface area contributed by atoms with Gasteiger partial charge < -0.3 is 5.32 Å². The van der Waals surface area contributed by atoms with Crippen LogP contribution in [0.2, 0.25) is 5.02 Å². The molecule has 0 aromatic carbocycles. The highest BCUT2D eigenvalue weighted by Crippen LogP contribution is 2.29. The van der Waals surface area contributed by atoms with Crippen LogP contribution in [-0.2, 0) is 0 Å². The molecule has 1 aliphatic carbocycles. The number of amides is 1. The molecule has 2 aliphatic rings. The standard InChI is InChI=1S/C15H21ClN4O/c1-9(2)14-17-7-12(16)13(19-14)15(21)18-10-5-6-20(8-10)11-3-4-11/h7,9-11H,3-6,8H2,1-2H3,(H,18,21). The van der Waals surface area contributed by atoms with Crippen molar-refractivity contribution in [1.29, 1.82) is 0 Å². The van der Waals surface area contributed by atoms with Gasteiger partial charge in [-0.15, -0.1) is 0 Å². The Morgan fingerprint density at radius 3 is 2.86 bits per heavy atom. The first-order valence-corrected chi connectivity index (χ1v) is 7.99. The zero-order valence-corrected chi connectivity index (χ0v) is 13.2. The fourth-order valence-electron chi connectivity index (χ4n) is 2.75. The Labute approximate surface area is 130 Å². The Kier molecular flexibility index (Phi) is 4.13. The van der Waals surface area contributed by atoms with Gasteiger partial charge in [0.25, 0.3) is 5.91 Å². The first kappa shape index (κ1) is 14.7. The molecule has 2 fully saturated rings. The summed E-state index contributed by atoms with van der Waals surface area (Å²) in [6, 6.07) is 0.953. The second kappa shape index (κ2) is 5.89. The van der Waals surface area contributed by atoms with Crippen LogP contribution in [0.15, 0.2) is 6.20 Å². The molecule has 1 amide bonds. The van der Waals surface area contributed by atoms with Crippen LogP contribution in [0.4, 0.5) is 0 Å². The number of halogens is 1. The summed E-state index contributed by atoms with van der Waals surface area (Å²) in [5.41, 5.74) is 0.292. The van der Waals surface area contributed by atoms with Gasteiger partial charge in [-0.3, -0.25) is 9.69 Å². The van der Waals surface area contributed by atoms with Gasteiger partial charge in [-0.05, 0) is 19.3 Å². The van der Waals surface area contributed by atoms with Gasteiger partial charge in [0, 0.05) is 31.1 Å². The minimum atomic E-state index is -0.188. The molecule has 114 valence electrons. The van der Waals surface area contributed by atoms with E-state index in [1.165, 1.54) is 19.0 Å². The van der Waals surface area contributed by atoms with Gasteiger partial charge in [0.2, 0.25) is 0 Å². The molecule has 0 spiro atoms.